The number of hydrogen-bond donors (Lipinski definition) is 1. The summed E-state index contributed by atoms with van der Waals surface area (Å²) >= 11 is 5.81. The van der Waals surface area contributed by atoms with Crippen LogP contribution in [-0.2, 0) is 9.53 Å². The molecule has 5 heteroatoms. The molecule has 1 amide bonds. The second-order valence-corrected chi connectivity index (χ2v) is 5.58. The molecule has 0 radical (unpaired) electrons. The second kappa shape index (κ2) is 7.50. The monoisotopic (exact) mass is 299 g/mol. The van der Waals surface area contributed by atoms with Crippen molar-refractivity contribution in [3.8, 4) is 5.75 Å². The van der Waals surface area contributed by atoms with Crippen LogP contribution in [0.1, 0.15) is 19.4 Å². The summed E-state index contributed by atoms with van der Waals surface area (Å²) < 4.78 is 10.6. The highest BCUT2D eigenvalue weighted by molar-refractivity contribution is 6.20. The van der Waals surface area contributed by atoms with Crippen molar-refractivity contribution in [2.45, 2.75) is 20.8 Å². The van der Waals surface area contributed by atoms with Crippen molar-refractivity contribution in [2.24, 2.45) is 5.41 Å². The summed E-state index contributed by atoms with van der Waals surface area (Å²) in [5.74, 6) is 0.763. The summed E-state index contributed by atoms with van der Waals surface area (Å²) in [6.45, 7) is 6.50. The van der Waals surface area contributed by atoms with Gasteiger partial charge in [0.1, 0.15) is 12.4 Å². The quantitative estimate of drug-likeness (QED) is 0.621. The lowest BCUT2D eigenvalue weighted by molar-refractivity contribution is -0.122. The average Bonchev–Trinajstić information content (AvgIpc) is 2.41. The largest absolute Gasteiger partial charge is 0.489 e. The number of nitrogens with one attached hydrogen (secondary N) is 1. The van der Waals surface area contributed by atoms with Crippen molar-refractivity contribution >= 4 is 23.2 Å². The smallest absolute Gasteiger partial charge is 0.231 e. The van der Waals surface area contributed by atoms with Gasteiger partial charge in [0, 0.05) is 13.0 Å². The van der Waals surface area contributed by atoms with Gasteiger partial charge in [-0.25, -0.2) is 0 Å². The molecule has 0 heterocycles. The van der Waals surface area contributed by atoms with Gasteiger partial charge in [0.2, 0.25) is 5.91 Å². The molecule has 0 fully saturated rings. The molecule has 1 rings (SSSR count). The maximum absolute atomic E-state index is 12.2. The van der Waals surface area contributed by atoms with Crippen LogP contribution >= 0.6 is 11.6 Å². The number of benzene rings is 1. The van der Waals surface area contributed by atoms with E-state index in [-0.39, 0.29) is 11.8 Å². The van der Waals surface area contributed by atoms with Crippen LogP contribution in [0.25, 0.3) is 0 Å². The van der Waals surface area contributed by atoms with Gasteiger partial charge >= 0.3 is 0 Å². The first-order valence-corrected chi connectivity index (χ1v) is 7.04. The Bertz CT molecular complexity index is 460. The highest BCUT2D eigenvalue weighted by atomic mass is 35.5. The average molecular weight is 300 g/mol. The molecule has 1 aromatic carbocycles. The molecule has 1 aromatic rings. The predicted octanol–water partition coefficient (Wildman–Crippen LogP) is 3.22. The molecule has 0 aliphatic rings. The van der Waals surface area contributed by atoms with Crippen molar-refractivity contribution in [2.75, 3.05) is 31.5 Å². The number of anilines is 1. The molecule has 1 N–H and O–H groups in total. The summed E-state index contributed by atoms with van der Waals surface area (Å²) in [7, 11) is 1.62. The van der Waals surface area contributed by atoms with E-state index in [1.807, 2.05) is 25.1 Å². The van der Waals surface area contributed by atoms with E-state index in [1.54, 1.807) is 21.0 Å². The van der Waals surface area contributed by atoms with Crippen LogP contribution in [0.3, 0.4) is 0 Å². The van der Waals surface area contributed by atoms with Crippen molar-refractivity contribution < 1.29 is 14.3 Å². The lowest BCUT2D eigenvalue weighted by Crippen LogP contribution is -2.32. The molecule has 0 unspecified atom stereocenters. The van der Waals surface area contributed by atoms with Crippen molar-refractivity contribution in [1.29, 1.82) is 0 Å². The minimum atomic E-state index is -0.629. The Kier molecular flexibility index (Phi) is 6.30. The van der Waals surface area contributed by atoms with E-state index < -0.39 is 5.41 Å². The summed E-state index contributed by atoms with van der Waals surface area (Å²) in [6, 6.07) is 5.64. The normalized spacial score (nSPS) is 11.2. The van der Waals surface area contributed by atoms with Gasteiger partial charge in [-0.05, 0) is 38.5 Å². The fourth-order valence-electron chi connectivity index (χ4n) is 1.44. The molecule has 0 spiro atoms. The lowest BCUT2D eigenvalue weighted by atomic mass is 9.95. The molecule has 0 aliphatic carbocycles. The zero-order valence-corrected chi connectivity index (χ0v) is 13.2. The number of carbonyl (C=O) groups excluding carboxylic acids is 1. The number of ether oxygens (including phenoxy) is 2. The van der Waals surface area contributed by atoms with Crippen LogP contribution < -0.4 is 10.1 Å². The number of hydrogen-bond acceptors (Lipinski definition) is 3. The van der Waals surface area contributed by atoms with Crippen molar-refractivity contribution in [3.63, 3.8) is 0 Å². The van der Waals surface area contributed by atoms with Gasteiger partial charge in [0.15, 0.2) is 0 Å². The third kappa shape index (κ3) is 4.69. The summed E-state index contributed by atoms with van der Waals surface area (Å²) in [6.07, 6.45) is 0. The SMILES string of the molecule is COCCOc1cc(C)ccc1NC(=O)C(C)(C)CCl. The van der Waals surface area contributed by atoms with Gasteiger partial charge in [-0.3, -0.25) is 4.79 Å². The van der Waals surface area contributed by atoms with Crippen LogP contribution in [0.15, 0.2) is 18.2 Å². The van der Waals surface area contributed by atoms with Gasteiger partial charge in [-0.15, -0.1) is 11.6 Å². The molecule has 0 saturated carbocycles. The Balaban J connectivity index is 2.85. The second-order valence-electron chi connectivity index (χ2n) is 5.31. The maximum atomic E-state index is 12.2. The molecular formula is C15H22ClNO3. The molecule has 0 atom stereocenters. The predicted molar refractivity (Wildman–Crippen MR) is 81.7 cm³/mol. The lowest BCUT2D eigenvalue weighted by Gasteiger charge is -2.21. The topological polar surface area (TPSA) is 47.6 Å². The third-order valence-electron chi connectivity index (χ3n) is 2.88. The standard InChI is InChI=1S/C15H22ClNO3/c1-11-5-6-12(13(9-11)20-8-7-19-4)17-14(18)15(2,3)10-16/h5-6,9H,7-8,10H2,1-4H3,(H,17,18). The van der Waals surface area contributed by atoms with Crippen LogP contribution in [-0.4, -0.2) is 32.1 Å². The fraction of sp³-hybridized carbons (Fsp3) is 0.533. The molecule has 4 nitrogen and oxygen atoms in total. The van der Waals surface area contributed by atoms with Crippen LogP contribution in [0.2, 0.25) is 0 Å². The zero-order valence-electron chi connectivity index (χ0n) is 12.5. The minimum absolute atomic E-state index is 0.132. The number of methoxy groups -OCH3 is 1. The van der Waals surface area contributed by atoms with E-state index in [0.717, 1.165) is 5.56 Å². The number of aryl methyl sites for hydroxylation is 1. The molecule has 112 valence electrons. The molecule has 20 heavy (non-hydrogen) atoms. The fourth-order valence-corrected chi connectivity index (χ4v) is 1.56. The number of amides is 1. The van der Waals surface area contributed by atoms with Gasteiger partial charge in [0.25, 0.3) is 0 Å². The first kappa shape index (κ1) is 16.8. The van der Waals surface area contributed by atoms with E-state index in [9.17, 15) is 4.79 Å². The number of carbonyl (C=O) groups is 1. The number of halogens is 1. The Morgan fingerprint density at radius 2 is 2.05 bits per heavy atom. The summed E-state index contributed by atoms with van der Waals surface area (Å²) in [5.41, 5.74) is 1.08. The highest BCUT2D eigenvalue weighted by Crippen LogP contribution is 2.28. The molecule has 0 aromatic heterocycles. The zero-order chi connectivity index (χ0) is 15.2. The summed E-state index contributed by atoms with van der Waals surface area (Å²) in [5, 5.41) is 2.87. The van der Waals surface area contributed by atoms with E-state index in [4.69, 9.17) is 21.1 Å². The Hall–Kier alpha value is -1.26. The third-order valence-corrected chi connectivity index (χ3v) is 3.55. The molecular weight excluding hydrogens is 278 g/mol. The van der Waals surface area contributed by atoms with Gasteiger partial charge in [-0.1, -0.05) is 6.07 Å². The molecule has 0 saturated heterocycles. The molecule has 0 bridgehead atoms. The van der Waals surface area contributed by atoms with Crippen LogP contribution in [0.4, 0.5) is 5.69 Å². The van der Waals surface area contributed by atoms with E-state index >= 15 is 0 Å². The van der Waals surface area contributed by atoms with Crippen LogP contribution in [0, 0.1) is 12.3 Å². The van der Waals surface area contributed by atoms with Crippen LogP contribution in [0.5, 0.6) is 5.75 Å². The Labute approximate surface area is 125 Å². The van der Waals surface area contributed by atoms with Gasteiger partial charge in [0.05, 0.1) is 17.7 Å². The minimum Gasteiger partial charge on any atom is -0.489 e. The number of rotatable bonds is 7. The van der Waals surface area contributed by atoms with Crippen molar-refractivity contribution in [3.05, 3.63) is 23.8 Å². The van der Waals surface area contributed by atoms with Gasteiger partial charge < -0.3 is 14.8 Å². The maximum Gasteiger partial charge on any atom is 0.231 e. The highest BCUT2D eigenvalue weighted by Gasteiger charge is 2.27. The molecule has 0 aliphatic heterocycles. The Morgan fingerprint density at radius 3 is 2.65 bits per heavy atom. The van der Waals surface area contributed by atoms with Crippen molar-refractivity contribution in [1.82, 2.24) is 0 Å². The first-order valence-electron chi connectivity index (χ1n) is 6.50. The van der Waals surface area contributed by atoms with Gasteiger partial charge in [-0.2, -0.15) is 0 Å². The summed E-state index contributed by atoms with van der Waals surface area (Å²) in [4.78, 5) is 12.2. The first-order chi connectivity index (χ1) is 9.40. The van der Waals surface area contributed by atoms with E-state index in [1.165, 1.54) is 0 Å². The Morgan fingerprint density at radius 1 is 1.35 bits per heavy atom. The van der Waals surface area contributed by atoms with E-state index in [0.29, 0.717) is 24.7 Å². The van der Waals surface area contributed by atoms with E-state index in [2.05, 4.69) is 5.32 Å². The number of alkyl halides is 1.